The smallest absolute Gasteiger partial charge is 0.341 e. The van der Waals surface area contributed by atoms with Gasteiger partial charge in [-0.1, -0.05) is 24.3 Å². The average Bonchev–Trinajstić information content (AvgIpc) is 3.43. The van der Waals surface area contributed by atoms with Crippen molar-refractivity contribution in [2.75, 3.05) is 13.2 Å². The molecule has 35 heavy (non-hydrogen) atoms. The number of ether oxygens (including phenoxy) is 2. The van der Waals surface area contributed by atoms with Crippen molar-refractivity contribution < 1.29 is 19.1 Å². The largest absolute Gasteiger partial charge is 0.462 e. The lowest BCUT2D eigenvalue weighted by Crippen LogP contribution is -2.07. The lowest BCUT2D eigenvalue weighted by Gasteiger charge is -2.09. The van der Waals surface area contributed by atoms with Crippen molar-refractivity contribution in [3.05, 3.63) is 94.6 Å². The van der Waals surface area contributed by atoms with Crippen LogP contribution in [0, 0.1) is 13.8 Å². The van der Waals surface area contributed by atoms with Gasteiger partial charge in [-0.3, -0.25) is 0 Å². The second-order valence-corrected chi connectivity index (χ2v) is 8.06. The Bertz CT molecular complexity index is 1230. The van der Waals surface area contributed by atoms with Crippen molar-refractivity contribution in [3.63, 3.8) is 0 Å². The summed E-state index contributed by atoms with van der Waals surface area (Å²) in [5.41, 5.74) is 6.48. The van der Waals surface area contributed by atoms with Crippen LogP contribution >= 0.6 is 0 Å². The van der Waals surface area contributed by atoms with Gasteiger partial charge in [0, 0.05) is 0 Å². The molecule has 2 heterocycles. The van der Waals surface area contributed by atoms with Crippen LogP contribution < -0.4 is 0 Å². The Morgan fingerprint density at radius 1 is 0.686 bits per heavy atom. The summed E-state index contributed by atoms with van der Waals surface area (Å²) in [6.45, 7) is 7.93. The van der Waals surface area contributed by atoms with Crippen LogP contribution in [0.4, 0.5) is 0 Å². The van der Waals surface area contributed by atoms with E-state index in [2.05, 4.69) is 34.5 Å². The number of carbonyl (C=O) groups excluding carboxylic acids is 2. The molecular formula is C27H28N4O4. The quantitative estimate of drug-likeness (QED) is 0.348. The van der Waals surface area contributed by atoms with Crippen LogP contribution in [0.3, 0.4) is 0 Å². The normalized spacial score (nSPS) is 10.9. The minimum absolute atomic E-state index is 0.329. The van der Waals surface area contributed by atoms with Crippen LogP contribution in [0.1, 0.15) is 57.1 Å². The predicted molar refractivity (Wildman–Crippen MR) is 131 cm³/mol. The zero-order chi connectivity index (χ0) is 24.9. The summed E-state index contributed by atoms with van der Waals surface area (Å²) in [6.07, 6.45) is 3.85. The summed E-state index contributed by atoms with van der Waals surface area (Å²) in [6, 6.07) is 16.2. The molecule has 0 bridgehead atoms. The van der Waals surface area contributed by atoms with Crippen molar-refractivity contribution in [2.24, 2.45) is 0 Å². The number of carbonyl (C=O) groups is 2. The van der Waals surface area contributed by atoms with E-state index in [9.17, 15) is 9.59 Å². The molecule has 8 heteroatoms. The second kappa shape index (κ2) is 10.4. The van der Waals surface area contributed by atoms with Crippen LogP contribution in [-0.2, 0) is 15.9 Å². The van der Waals surface area contributed by atoms with Crippen molar-refractivity contribution >= 4 is 11.9 Å². The van der Waals surface area contributed by atoms with Crippen LogP contribution in [-0.4, -0.2) is 44.7 Å². The highest BCUT2D eigenvalue weighted by molar-refractivity contribution is 5.91. The summed E-state index contributed by atoms with van der Waals surface area (Å²) in [5, 5.41) is 8.70. The van der Waals surface area contributed by atoms with Gasteiger partial charge in [-0.25, -0.2) is 19.0 Å². The second-order valence-electron chi connectivity index (χ2n) is 8.06. The topological polar surface area (TPSA) is 88.2 Å². The van der Waals surface area contributed by atoms with E-state index < -0.39 is 0 Å². The Labute approximate surface area is 204 Å². The third-order valence-electron chi connectivity index (χ3n) is 5.78. The van der Waals surface area contributed by atoms with Gasteiger partial charge in [0.15, 0.2) is 0 Å². The van der Waals surface area contributed by atoms with E-state index in [1.165, 1.54) is 0 Å². The number of aromatic nitrogens is 4. The molecular weight excluding hydrogens is 444 g/mol. The zero-order valence-electron chi connectivity index (χ0n) is 20.3. The number of benzene rings is 2. The van der Waals surface area contributed by atoms with Gasteiger partial charge in [-0.15, -0.1) is 0 Å². The van der Waals surface area contributed by atoms with E-state index in [-0.39, 0.29) is 11.9 Å². The maximum atomic E-state index is 12.1. The van der Waals surface area contributed by atoms with Gasteiger partial charge in [0.25, 0.3) is 0 Å². The molecule has 0 saturated heterocycles. The van der Waals surface area contributed by atoms with Crippen LogP contribution in [0.15, 0.2) is 60.9 Å². The molecule has 0 aliphatic carbocycles. The first-order valence-electron chi connectivity index (χ1n) is 11.5. The zero-order valence-corrected chi connectivity index (χ0v) is 20.3. The maximum absolute atomic E-state index is 12.1. The Kier molecular flexibility index (Phi) is 7.10. The number of nitrogens with zero attached hydrogens (tertiary/aromatic N) is 4. The van der Waals surface area contributed by atoms with E-state index in [0.29, 0.717) is 24.3 Å². The van der Waals surface area contributed by atoms with Gasteiger partial charge in [0.1, 0.15) is 11.1 Å². The summed E-state index contributed by atoms with van der Waals surface area (Å²) in [7, 11) is 0. The predicted octanol–water partition coefficient (Wildman–Crippen LogP) is 4.62. The molecule has 2 aromatic carbocycles. The fourth-order valence-corrected chi connectivity index (χ4v) is 3.90. The van der Waals surface area contributed by atoms with E-state index in [1.54, 1.807) is 35.6 Å². The lowest BCUT2D eigenvalue weighted by molar-refractivity contribution is 0.0515. The third kappa shape index (κ3) is 5.01. The van der Waals surface area contributed by atoms with Gasteiger partial charge in [-0.2, -0.15) is 10.2 Å². The van der Waals surface area contributed by atoms with Gasteiger partial charge in [-0.05, 0) is 69.5 Å². The molecule has 180 valence electrons. The van der Waals surface area contributed by atoms with Crippen LogP contribution in [0.2, 0.25) is 0 Å². The Morgan fingerprint density at radius 3 is 1.40 bits per heavy atom. The third-order valence-corrected chi connectivity index (χ3v) is 5.78. The molecule has 2 aromatic heterocycles. The summed E-state index contributed by atoms with van der Waals surface area (Å²) < 4.78 is 13.7. The number of hydrogen-bond donors (Lipinski definition) is 0. The Hall–Kier alpha value is -4.20. The standard InChI is InChI=1S/C27H28N4O4/c1-5-34-26(32)24-16-28-30(18(24)3)22-11-7-20(8-12-22)15-21-9-13-23(14-10-21)31-19(4)25(17-29-31)27(33)35-6-2/h7-14,16-17H,5-6,15H2,1-4H3. The highest BCUT2D eigenvalue weighted by atomic mass is 16.5. The number of rotatable bonds is 8. The van der Waals surface area contributed by atoms with Gasteiger partial charge < -0.3 is 9.47 Å². The Morgan fingerprint density at radius 2 is 1.06 bits per heavy atom. The fourth-order valence-electron chi connectivity index (χ4n) is 3.90. The molecule has 0 aliphatic rings. The van der Waals surface area contributed by atoms with Gasteiger partial charge >= 0.3 is 11.9 Å². The summed E-state index contributed by atoms with van der Waals surface area (Å²) in [4.78, 5) is 24.1. The van der Waals surface area contributed by atoms with Crippen molar-refractivity contribution in [2.45, 2.75) is 34.1 Å². The molecule has 0 atom stereocenters. The van der Waals surface area contributed by atoms with E-state index in [1.807, 2.05) is 38.1 Å². The first kappa shape index (κ1) is 23.9. The monoisotopic (exact) mass is 472 g/mol. The highest BCUT2D eigenvalue weighted by Crippen LogP contribution is 2.20. The highest BCUT2D eigenvalue weighted by Gasteiger charge is 2.17. The molecule has 4 aromatic rings. The van der Waals surface area contributed by atoms with Gasteiger partial charge in [0.05, 0.1) is 48.4 Å². The summed E-state index contributed by atoms with van der Waals surface area (Å²) >= 11 is 0. The van der Waals surface area contributed by atoms with Crippen LogP contribution in [0.5, 0.6) is 0 Å². The molecule has 0 saturated carbocycles. The lowest BCUT2D eigenvalue weighted by atomic mass is 10.0. The molecule has 0 N–H and O–H groups in total. The molecule has 0 amide bonds. The first-order chi connectivity index (χ1) is 16.9. The molecule has 0 spiro atoms. The van der Waals surface area contributed by atoms with E-state index >= 15 is 0 Å². The van der Waals surface area contributed by atoms with Crippen molar-refractivity contribution in [3.8, 4) is 11.4 Å². The number of esters is 2. The minimum atomic E-state index is -0.362. The van der Waals surface area contributed by atoms with Crippen molar-refractivity contribution in [1.29, 1.82) is 0 Å². The first-order valence-corrected chi connectivity index (χ1v) is 11.5. The maximum Gasteiger partial charge on any atom is 0.341 e. The molecule has 0 aliphatic heterocycles. The molecule has 0 unspecified atom stereocenters. The minimum Gasteiger partial charge on any atom is -0.462 e. The Balaban J connectivity index is 1.46. The van der Waals surface area contributed by atoms with Gasteiger partial charge in [0.2, 0.25) is 0 Å². The molecule has 0 radical (unpaired) electrons. The van der Waals surface area contributed by atoms with E-state index in [0.717, 1.165) is 40.3 Å². The SMILES string of the molecule is CCOC(=O)c1cnn(-c2ccc(Cc3ccc(-n4ncc(C(=O)OCC)c4C)cc3)cc2)c1C. The van der Waals surface area contributed by atoms with Crippen molar-refractivity contribution in [1.82, 2.24) is 19.6 Å². The van der Waals surface area contributed by atoms with E-state index in [4.69, 9.17) is 9.47 Å². The van der Waals surface area contributed by atoms with Crippen LogP contribution in [0.25, 0.3) is 11.4 Å². The molecule has 0 fully saturated rings. The fraction of sp³-hybridized carbons (Fsp3) is 0.259. The average molecular weight is 473 g/mol. The summed E-state index contributed by atoms with van der Waals surface area (Å²) in [5.74, 6) is -0.725. The molecule has 4 rings (SSSR count). The number of hydrogen-bond acceptors (Lipinski definition) is 6. The molecule has 8 nitrogen and oxygen atoms in total.